The number of hydrogen-bond acceptors (Lipinski definition) is 4. The zero-order chi connectivity index (χ0) is 22.8. The van der Waals surface area contributed by atoms with Crippen molar-refractivity contribution in [3.63, 3.8) is 0 Å². The third-order valence-electron chi connectivity index (χ3n) is 6.37. The van der Waals surface area contributed by atoms with Crippen LogP contribution in [0.5, 0.6) is 5.75 Å². The fraction of sp³-hybridized carbons (Fsp3) is 0.308. The molecular weight excluding hydrogens is 416 g/mol. The maximum Gasteiger partial charge on any atom is 0.326 e. The molecule has 1 aliphatic heterocycles. The lowest BCUT2D eigenvalue weighted by molar-refractivity contribution is -0.117. The summed E-state index contributed by atoms with van der Waals surface area (Å²) in [6.07, 6.45) is 1.67. The molecular formula is C26H28N4O3. The number of piperidine rings is 1. The molecule has 5 rings (SSSR count). The highest BCUT2D eigenvalue weighted by atomic mass is 16.5. The van der Waals surface area contributed by atoms with Crippen LogP contribution < -0.4 is 15.7 Å². The highest BCUT2D eigenvalue weighted by molar-refractivity contribution is 6.04. The average molecular weight is 445 g/mol. The lowest BCUT2D eigenvalue weighted by atomic mass is 10.0. The molecule has 7 nitrogen and oxygen atoms in total. The van der Waals surface area contributed by atoms with Crippen LogP contribution in [0.15, 0.2) is 65.5 Å². The van der Waals surface area contributed by atoms with E-state index in [9.17, 15) is 9.59 Å². The number of carbonyl (C=O) groups is 1. The van der Waals surface area contributed by atoms with Crippen molar-refractivity contribution in [2.45, 2.75) is 25.8 Å². The SMILES string of the molecule is CCOc1ccc(NC(=O)CN2CCC(n3c(=O)[nH]c4ccccc43)CC2)c2ccccc12. The number of likely N-dealkylation sites (tertiary alicyclic amines) is 1. The van der Waals surface area contributed by atoms with Gasteiger partial charge in [-0.05, 0) is 44.0 Å². The molecule has 7 heteroatoms. The first-order valence-electron chi connectivity index (χ1n) is 11.5. The molecule has 1 saturated heterocycles. The van der Waals surface area contributed by atoms with Gasteiger partial charge in [-0.15, -0.1) is 0 Å². The predicted octanol–water partition coefficient (Wildman–Crippen LogP) is 4.16. The fourth-order valence-electron chi connectivity index (χ4n) is 4.83. The molecule has 1 amide bonds. The third kappa shape index (κ3) is 4.24. The molecule has 3 aromatic carbocycles. The molecule has 170 valence electrons. The second-order valence-electron chi connectivity index (χ2n) is 8.46. The van der Waals surface area contributed by atoms with E-state index in [-0.39, 0.29) is 17.6 Å². The van der Waals surface area contributed by atoms with Crippen molar-refractivity contribution < 1.29 is 9.53 Å². The number of aromatic amines is 1. The minimum atomic E-state index is -0.0604. The first-order valence-corrected chi connectivity index (χ1v) is 11.5. The number of fused-ring (bicyclic) bond motifs is 2. The van der Waals surface area contributed by atoms with E-state index < -0.39 is 0 Å². The maximum atomic E-state index is 12.8. The van der Waals surface area contributed by atoms with Crippen LogP contribution in [0.2, 0.25) is 0 Å². The number of carbonyl (C=O) groups excluding carboxylic acids is 1. The first-order chi connectivity index (χ1) is 16.1. The molecule has 2 heterocycles. The van der Waals surface area contributed by atoms with Crippen molar-refractivity contribution in [2.24, 2.45) is 0 Å². The van der Waals surface area contributed by atoms with Gasteiger partial charge in [0.05, 0.1) is 24.2 Å². The number of imidazole rings is 1. The van der Waals surface area contributed by atoms with Gasteiger partial charge in [-0.1, -0.05) is 36.4 Å². The largest absolute Gasteiger partial charge is 0.493 e. The second-order valence-corrected chi connectivity index (χ2v) is 8.46. The zero-order valence-corrected chi connectivity index (χ0v) is 18.7. The molecule has 1 fully saturated rings. The van der Waals surface area contributed by atoms with E-state index in [2.05, 4.69) is 15.2 Å². The Bertz CT molecular complexity index is 1350. The van der Waals surface area contributed by atoms with Crippen molar-refractivity contribution in [3.8, 4) is 5.75 Å². The van der Waals surface area contributed by atoms with E-state index in [1.54, 1.807) is 0 Å². The standard InChI is InChI=1S/C26H28N4O3/c1-2-33-24-12-11-21(19-7-3-4-8-20(19)24)27-25(31)17-29-15-13-18(14-16-29)30-23-10-6-5-9-22(23)28-26(30)32/h3-12,18H,2,13-17H2,1H3,(H,27,31)(H,28,32). The van der Waals surface area contributed by atoms with E-state index >= 15 is 0 Å². The van der Waals surface area contributed by atoms with Gasteiger partial charge in [-0.25, -0.2) is 4.79 Å². The van der Waals surface area contributed by atoms with E-state index in [0.29, 0.717) is 13.2 Å². The first kappa shape index (κ1) is 21.3. The van der Waals surface area contributed by atoms with Crippen molar-refractivity contribution in [1.29, 1.82) is 0 Å². The van der Waals surface area contributed by atoms with Crippen LogP contribution in [0.1, 0.15) is 25.8 Å². The summed E-state index contributed by atoms with van der Waals surface area (Å²) >= 11 is 0. The second kappa shape index (κ2) is 9.11. The quantitative estimate of drug-likeness (QED) is 0.468. The predicted molar refractivity (Wildman–Crippen MR) is 131 cm³/mol. The number of aromatic nitrogens is 2. The minimum absolute atomic E-state index is 0.0352. The van der Waals surface area contributed by atoms with Crippen LogP contribution in [0.25, 0.3) is 21.8 Å². The Balaban J connectivity index is 1.24. The summed E-state index contributed by atoms with van der Waals surface area (Å²) in [4.78, 5) is 30.4. The Kier molecular flexibility index (Phi) is 5.88. The third-order valence-corrected chi connectivity index (χ3v) is 6.37. The van der Waals surface area contributed by atoms with E-state index in [1.165, 1.54) is 0 Å². The number of ether oxygens (including phenoxy) is 1. The number of rotatable bonds is 6. The number of nitrogens with one attached hydrogen (secondary N) is 2. The van der Waals surface area contributed by atoms with Crippen LogP contribution >= 0.6 is 0 Å². The molecule has 4 aromatic rings. The molecule has 0 bridgehead atoms. The monoisotopic (exact) mass is 444 g/mol. The van der Waals surface area contributed by atoms with Gasteiger partial charge in [0, 0.05) is 35.6 Å². The highest BCUT2D eigenvalue weighted by Crippen LogP contribution is 2.32. The van der Waals surface area contributed by atoms with E-state index in [4.69, 9.17) is 4.74 Å². The lowest BCUT2D eigenvalue weighted by Gasteiger charge is -2.32. The Hall–Kier alpha value is -3.58. The van der Waals surface area contributed by atoms with Gasteiger partial charge < -0.3 is 15.0 Å². The van der Waals surface area contributed by atoms with Gasteiger partial charge in [-0.3, -0.25) is 14.3 Å². The molecule has 1 aliphatic rings. The summed E-state index contributed by atoms with van der Waals surface area (Å²) in [5, 5.41) is 5.03. The van der Waals surface area contributed by atoms with Crippen LogP contribution in [-0.4, -0.2) is 46.6 Å². The number of amides is 1. The van der Waals surface area contributed by atoms with Gasteiger partial charge in [0.1, 0.15) is 5.75 Å². The Morgan fingerprint density at radius 1 is 1.03 bits per heavy atom. The number of H-pyrrole nitrogens is 1. The summed E-state index contributed by atoms with van der Waals surface area (Å²) in [6.45, 7) is 4.43. The number of hydrogen-bond donors (Lipinski definition) is 2. The summed E-state index contributed by atoms with van der Waals surface area (Å²) in [5.74, 6) is 0.785. The van der Waals surface area contributed by atoms with Crippen molar-refractivity contribution in [1.82, 2.24) is 14.5 Å². The van der Waals surface area contributed by atoms with E-state index in [0.717, 1.165) is 59.2 Å². The van der Waals surface area contributed by atoms with Crippen molar-refractivity contribution in [2.75, 3.05) is 31.6 Å². The zero-order valence-electron chi connectivity index (χ0n) is 18.7. The van der Waals surface area contributed by atoms with Gasteiger partial charge >= 0.3 is 5.69 Å². The Labute approximate surface area is 192 Å². The van der Waals surface area contributed by atoms with Crippen LogP contribution in [0.4, 0.5) is 5.69 Å². The van der Waals surface area contributed by atoms with Gasteiger partial charge in [0.2, 0.25) is 5.91 Å². The topological polar surface area (TPSA) is 79.4 Å². The summed E-state index contributed by atoms with van der Waals surface area (Å²) < 4.78 is 7.60. The lowest BCUT2D eigenvalue weighted by Crippen LogP contribution is -2.41. The summed E-state index contributed by atoms with van der Waals surface area (Å²) in [7, 11) is 0. The van der Waals surface area contributed by atoms with Crippen molar-refractivity contribution in [3.05, 3.63) is 71.1 Å². The minimum Gasteiger partial charge on any atom is -0.493 e. The number of nitrogens with zero attached hydrogens (tertiary/aromatic N) is 2. The molecule has 0 spiro atoms. The highest BCUT2D eigenvalue weighted by Gasteiger charge is 2.24. The van der Waals surface area contributed by atoms with E-state index in [1.807, 2.05) is 72.2 Å². The number of benzene rings is 3. The van der Waals surface area contributed by atoms with Crippen LogP contribution in [0, 0.1) is 0 Å². The normalized spacial score (nSPS) is 15.2. The fourth-order valence-corrected chi connectivity index (χ4v) is 4.83. The molecule has 1 aromatic heterocycles. The van der Waals surface area contributed by atoms with Crippen LogP contribution in [0.3, 0.4) is 0 Å². The molecule has 0 saturated carbocycles. The molecule has 33 heavy (non-hydrogen) atoms. The molecule has 0 aliphatic carbocycles. The molecule has 2 N–H and O–H groups in total. The average Bonchev–Trinajstić information content (AvgIpc) is 3.17. The number of anilines is 1. The smallest absolute Gasteiger partial charge is 0.326 e. The van der Waals surface area contributed by atoms with Gasteiger partial charge in [0.25, 0.3) is 0 Å². The van der Waals surface area contributed by atoms with Crippen LogP contribution in [-0.2, 0) is 4.79 Å². The summed E-state index contributed by atoms with van der Waals surface area (Å²) in [6, 6.07) is 19.7. The Morgan fingerprint density at radius 2 is 1.76 bits per heavy atom. The molecule has 0 unspecified atom stereocenters. The maximum absolute atomic E-state index is 12.8. The number of para-hydroxylation sites is 2. The molecule has 0 atom stereocenters. The Morgan fingerprint density at radius 3 is 2.55 bits per heavy atom. The van der Waals surface area contributed by atoms with Gasteiger partial charge in [0.15, 0.2) is 0 Å². The summed E-state index contributed by atoms with van der Waals surface area (Å²) in [5.41, 5.74) is 2.54. The molecule has 0 radical (unpaired) electrons. The van der Waals surface area contributed by atoms with Gasteiger partial charge in [-0.2, -0.15) is 0 Å². The van der Waals surface area contributed by atoms with Crippen molar-refractivity contribution >= 4 is 33.4 Å².